The molecule has 0 aliphatic carbocycles. The number of carbonyl (C=O) groups is 1. The number of carbonyl (C=O) groups excluding carboxylic acids is 1. The zero-order valence-corrected chi connectivity index (χ0v) is 37.6. The highest BCUT2D eigenvalue weighted by molar-refractivity contribution is 8.14. The fraction of sp³-hybridized carbons (Fsp3) is 0.260. The first-order valence-electron chi connectivity index (χ1n) is 20.1. The topological polar surface area (TPSA) is 83.9 Å². The molecule has 0 spiro atoms. The van der Waals surface area contributed by atoms with E-state index in [-0.39, 0.29) is 11.4 Å². The van der Waals surface area contributed by atoms with Crippen LogP contribution in [0.2, 0.25) is 5.04 Å². The lowest BCUT2D eigenvalue weighted by molar-refractivity contribution is -0.122. The maximum absolute atomic E-state index is 15.5. The van der Waals surface area contributed by atoms with Gasteiger partial charge in [-0.1, -0.05) is 202 Å². The van der Waals surface area contributed by atoms with Crippen LogP contribution in [0, 0.1) is 20.8 Å². The van der Waals surface area contributed by atoms with E-state index in [2.05, 4.69) is 45.0 Å². The molecule has 0 aliphatic rings. The van der Waals surface area contributed by atoms with Crippen molar-refractivity contribution in [3.05, 3.63) is 197 Å². The van der Waals surface area contributed by atoms with Gasteiger partial charge in [-0.25, -0.2) is 8.42 Å². The first-order chi connectivity index (χ1) is 28.1. The molecule has 0 aromatic heterocycles. The van der Waals surface area contributed by atoms with Crippen LogP contribution >= 0.6 is 11.8 Å². The molecule has 6 rings (SSSR count). The average molecular weight is 842 g/mol. The van der Waals surface area contributed by atoms with Crippen molar-refractivity contribution in [3.63, 3.8) is 0 Å². The number of hydrogen-bond acceptors (Lipinski definition) is 6. The van der Waals surface area contributed by atoms with Crippen LogP contribution < -0.4 is 10.4 Å². The number of nitrogens with zero attached hydrogens (tertiary/aromatic N) is 1. The van der Waals surface area contributed by atoms with Gasteiger partial charge in [0, 0.05) is 12.6 Å². The third-order valence-corrected chi connectivity index (χ3v) is 19.6. The highest BCUT2D eigenvalue weighted by Crippen LogP contribution is 2.44. The van der Waals surface area contributed by atoms with Crippen LogP contribution in [0.3, 0.4) is 0 Å². The van der Waals surface area contributed by atoms with Gasteiger partial charge in [-0.2, -0.15) is 4.31 Å². The van der Waals surface area contributed by atoms with Gasteiger partial charge in [0.25, 0.3) is 8.32 Å². The van der Waals surface area contributed by atoms with Crippen LogP contribution in [-0.2, 0) is 25.8 Å². The molecule has 0 saturated carbocycles. The Morgan fingerprint density at radius 1 is 0.695 bits per heavy atom. The lowest BCUT2D eigenvalue weighted by Crippen LogP contribution is -2.68. The number of rotatable bonds is 15. The highest BCUT2D eigenvalue weighted by Gasteiger charge is 2.54. The van der Waals surface area contributed by atoms with E-state index in [0.29, 0.717) is 16.7 Å². The summed E-state index contributed by atoms with van der Waals surface area (Å²) < 4.78 is 39.4. The molecule has 6 aromatic rings. The van der Waals surface area contributed by atoms with Crippen LogP contribution in [-0.4, -0.2) is 43.4 Å². The monoisotopic (exact) mass is 841 g/mol. The maximum atomic E-state index is 15.5. The van der Waals surface area contributed by atoms with Gasteiger partial charge >= 0.3 is 0 Å². The summed E-state index contributed by atoms with van der Waals surface area (Å²) in [5, 5.41) is 12.8. The van der Waals surface area contributed by atoms with E-state index < -0.39 is 52.0 Å². The van der Waals surface area contributed by atoms with Crippen LogP contribution in [0.5, 0.6) is 0 Å². The molecule has 6 nitrogen and oxygen atoms in total. The van der Waals surface area contributed by atoms with Gasteiger partial charge < -0.3 is 9.53 Å². The first kappa shape index (κ1) is 44.0. The zero-order valence-electron chi connectivity index (χ0n) is 34.9. The van der Waals surface area contributed by atoms with Gasteiger partial charge in [-0.15, -0.1) is 0 Å². The van der Waals surface area contributed by atoms with Crippen LogP contribution in [0.1, 0.15) is 72.4 Å². The van der Waals surface area contributed by atoms with E-state index in [0.717, 1.165) is 38.8 Å². The zero-order chi connectivity index (χ0) is 42.4. The largest absolute Gasteiger partial charge is 0.394 e. The predicted octanol–water partition coefficient (Wildman–Crippen LogP) is 9.87. The van der Waals surface area contributed by atoms with Gasteiger partial charge in [0.15, 0.2) is 0 Å². The average Bonchev–Trinajstić information content (AvgIpc) is 3.22. The summed E-state index contributed by atoms with van der Waals surface area (Å²) in [6.45, 7) is 14.0. The molecule has 306 valence electrons. The smallest absolute Gasteiger partial charge is 0.262 e. The number of hydrogen-bond donors (Lipinski definition) is 1. The minimum Gasteiger partial charge on any atom is -0.394 e. The Morgan fingerprint density at radius 3 is 1.58 bits per heavy atom. The lowest BCUT2D eigenvalue weighted by Gasteiger charge is -2.45. The molecule has 0 aliphatic heterocycles. The normalized spacial score (nSPS) is 14.4. The molecule has 0 fully saturated rings. The molecular formula is C50H55NO5S2Si. The first-order valence-corrected chi connectivity index (χ1v) is 24.3. The Kier molecular flexibility index (Phi) is 14.0. The van der Waals surface area contributed by atoms with Crippen molar-refractivity contribution >= 4 is 45.6 Å². The Morgan fingerprint density at radius 2 is 1.12 bits per heavy atom. The third kappa shape index (κ3) is 9.57. The Balaban J connectivity index is 1.51. The number of sulfonamides is 1. The molecule has 0 radical (unpaired) electrons. The second-order valence-electron chi connectivity index (χ2n) is 16.3. The summed E-state index contributed by atoms with van der Waals surface area (Å²) in [4.78, 5) is 15.8. The second-order valence-corrected chi connectivity index (χ2v) is 23.6. The SMILES string of the molecule is Cc1cc(C)c(S(=O)(=O)N(Cc2ccccc2)[C@H](C)[C@@H](SC(=O)[C@@H](O[Si](c2ccccc2)(c2ccccc2)C(C)(C)C)[C@@H](O)c2ccccc2)c2ccccc2)c(C)c1. The fourth-order valence-electron chi connectivity index (χ4n) is 8.28. The van der Waals surface area contributed by atoms with Gasteiger partial charge in [0.05, 0.1) is 10.1 Å². The summed E-state index contributed by atoms with van der Waals surface area (Å²) in [7, 11) is -7.52. The van der Waals surface area contributed by atoms with E-state index >= 15 is 13.2 Å². The van der Waals surface area contributed by atoms with Gasteiger partial charge in [-0.05, 0) is 70.9 Å². The Bertz CT molecular complexity index is 2350. The molecule has 0 heterocycles. The van der Waals surface area contributed by atoms with Gasteiger partial charge in [0.2, 0.25) is 15.1 Å². The molecule has 59 heavy (non-hydrogen) atoms. The predicted molar refractivity (Wildman–Crippen MR) is 245 cm³/mol. The molecule has 6 aromatic carbocycles. The van der Waals surface area contributed by atoms with Crippen molar-refractivity contribution in [2.24, 2.45) is 0 Å². The van der Waals surface area contributed by atoms with Crippen molar-refractivity contribution in [1.29, 1.82) is 0 Å². The Labute approximate surface area is 356 Å². The third-order valence-electron chi connectivity index (χ3n) is 11.0. The molecule has 0 amide bonds. The molecule has 0 saturated heterocycles. The number of benzene rings is 6. The molecule has 1 N–H and O–H groups in total. The Hall–Kier alpha value is -4.61. The van der Waals surface area contributed by atoms with Crippen LogP contribution in [0.25, 0.3) is 0 Å². The summed E-state index contributed by atoms with van der Waals surface area (Å²) >= 11 is 1.03. The summed E-state index contributed by atoms with van der Waals surface area (Å²) in [6.07, 6.45) is -2.65. The van der Waals surface area contributed by atoms with E-state index in [1.54, 1.807) is 0 Å². The van der Waals surface area contributed by atoms with Gasteiger partial charge in [-0.3, -0.25) is 4.79 Å². The molecule has 9 heteroatoms. The minimum absolute atomic E-state index is 0.0871. The standard InChI is InChI=1S/C50H55NO5S2Si/c1-36-33-37(2)48(38(3)34-36)58(54,55)51(35-40-23-13-8-14-24-40)39(4)47(42-27-17-10-18-28-42)57-49(53)46(45(52)41-25-15-9-16-26-41)56-59(50(5,6)7,43-29-19-11-20-30-43)44-31-21-12-22-32-44/h8-34,39,45-47,52H,35H2,1-7H3/t39-,45+,46+,47-/m1/s1. The van der Waals surface area contributed by atoms with Crippen LogP contribution in [0.15, 0.2) is 169 Å². The molecule has 0 bridgehead atoms. The molecule has 4 atom stereocenters. The second kappa shape index (κ2) is 18.8. The van der Waals surface area contributed by atoms with Crippen molar-refractivity contribution in [2.75, 3.05) is 0 Å². The molecule has 0 unspecified atom stereocenters. The van der Waals surface area contributed by atoms with E-state index in [1.165, 1.54) is 4.31 Å². The number of aryl methyl sites for hydroxylation is 3. The minimum atomic E-state index is -4.13. The van der Waals surface area contributed by atoms with Crippen LogP contribution in [0.4, 0.5) is 0 Å². The summed E-state index contributed by atoms with van der Waals surface area (Å²) in [5.74, 6) is 0. The quantitative estimate of drug-likeness (QED) is 0.104. The van der Waals surface area contributed by atoms with Crippen molar-refractivity contribution in [2.45, 2.75) is 88.4 Å². The van der Waals surface area contributed by atoms with E-state index in [1.807, 2.05) is 167 Å². The van der Waals surface area contributed by atoms with Gasteiger partial charge in [0.1, 0.15) is 12.2 Å². The number of aliphatic hydroxyl groups is 1. The maximum Gasteiger partial charge on any atom is 0.262 e. The van der Waals surface area contributed by atoms with E-state index in [4.69, 9.17) is 4.43 Å². The number of thioether (sulfide) groups is 1. The highest BCUT2D eigenvalue weighted by atomic mass is 32.2. The number of aliphatic hydroxyl groups excluding tert-OH is 1. The lowest BCUT2D eigenvalue weighted by atomic mass is 10.1. The van der Waals surface area contributed by atoms with Crippen molar-refractivity contribution < 1.29 is 22.7 Å². The fourth-order valence-corrected chi connectivity index (χ4v) is 16.3. The molecular weight excluding hydrogens is 787 g/mol. The summed E-state index contributed by atoms with van der Waals surface area (Å²) in [5.41, 5.74) is 4.46. The van der Waals surface area contributed by atoms with Crippen molar-refractivity contribution in [3.8, 4) is 0 Å². The van der Waals surface area contributed by atoms with E-state index in [9.17, 15) is 5.11 Å². The summed E-state index contributed by atoms with van der Waals surface area (Å²) in [6, 6.07) is 51.5. The van der Waals surface area contributed by atoms with Crippen molar-refractivity contribution in [1.82, 2.24) is 4.31 Å².